The summed E-state index contributed by atoms with van der Waals surface area (Å²) in [7, 11) is 1.33. The maximum absolute atomic E-state index is 12.9. The molecule has 0 radical (unpaired) electrons. The molecular weight excluding hydrogens is 488 g/mol. The second kappa shape index (κ2) is 9.44. The summed E-state index contributed by atoms with van der Waals surface area (Å²) in [6.45, 7) is 0. The Morgan fingerprint density at radius 3 is 2.48 bits per heavy atom. The zero-order chi connectivity index (χ0) is 23.8. The van der Waals surface area contributed by atoms with Crippen LogP contribution in [0.15, 0.2) is 41.4 Å². The predicted octanol–water partition coefficient (Wildman–Crippen LogP) is 3.21. The van der Waals surface area contributed by atoms with Crippen LogP contribution in [0, 0.1) is 0 Å². The molecule has 2 aliphatic heterocycles. The lowest BCUT2D eigenvalue weighted by Gasteiger charge is -2.27. The van der Waals surface area contributed by atoms with Crippen LogP contribution in [0.25, 0.3) is 0 Å². The molecule has 4 rings (SSSR count). The van der Waals surface area contributed by atoms with E-state index in [1.54, 1.807) is 30.2 Å². The van der Waals surface area contributed by atoms with Crippen LogP contribution in [-0.4, -0.2) is 63.6 Å². The Morgan fingerprint density at radius 2 is 1.79 bits per heavy atom. The molecule has 8 nitrogen and oxygen atoms in total. The Hall–Kier alpha value is -2.43. The van der Waals surface area contributed by atoms with Crippen LogP contribution in [0.4, 0.5) is 5.69 Å². The van der Waals surface area contributed by atoms with Crippen LogP contribution in [0.1, 0.15) is 5.56 Å². The lowest BCUT2D eigenvalue weighted by molar-refractivity contribution is -0.117. The smallest absolute Gasteiger partial charge is 0.252 e. The van der Waals surface area contributed by atoms with Crippen molar-refractivity contribution in [3.05, 3.63) is 47.0 Å². The molecule has 0 bridgehead atoms. The van der Waals surface area contributed by atoms with Gasteiger partial charge in [0.2, 0.25) is 0 Å². The summed E-state index contributed by atoms with van der Waals surface area (Å²) in [6, 6.07) is 10.1. The highest BCUT2D eigenvalue weighted by Crippen LogP contribution is 2.46. The van der Waals surface area contributed by atoms with Crippen LogP contribution < -0.4 is 19.1 Å². The van der Waals surface area contributed by atoms with E-state index in [0.29, 0.717) is 33.1 Å². The molecule has 0 aliphatic carbocycles. The summed E-state index contributed by atoms with van der Waals surface area (Å²) in [5.41, 5.74) is 1.25. The standard InChI is InChI=1S/C22H23ClN2O6S2/c1-29-17-7-5-4-6-13(17)8-21(26)24-22-25(16-11-33(27,28)12-20(16)32-22)15-9-14(23)18(30-2)10-19(15)31-3/h4-7,9-10,16,20H,8,11-12H2,1-3H3/t16-,20+/m0/s1. The molecule has 2 atom stereocenters. The molecule has 0 aromatic heterocycles. The summed E-state index contributed by atoms with van der Waals surface area (Å²) in [5, 5.41) is 0.500. The topological polar surface area (TPSA) is 94.5 Å². The number of amidine groups is 1. The Labute approximate surface area is 201 Å². The van der Waals surface area contributed by atoms with Gasteiger partial charge in [-0.1, -0.05) is 41.6 Å². The third-order valence-corrected chi connectivity index (χ3v) is 9.04. The Kier molecular flexibility index (Phi) is 6.78. The van der Waals surface area contributed by atoms with Crippen molar-refractivity contribution in [2.45, 2.75) is 17.7 Å². The number of nitrogens with zero attached hydrogens (tertiary/aromatic N) is 2. The maximum atomic E-state index is 12.9. The van der Waals surface area contributed by atoms with Crippen LogP contribution in [0.5, 0.6) is 17.2 Å². The number of thioether (sulfide) groups is 1. The zero-order valence-corrected chi connectivity index (χ0v) is 20.7. The number of methoxy groups -OCH3 is 3. The van der Waals surface area contributed by atoms with Crippen molar-refractivity contribution in [1.82, 2.24) is 0 Å². The molecular formula is C22H23ClN2O6S2. The normalized spacial score (nSPS) is 22.3. The summed E-state index contributed by atoms with van der Waals surface area (Å²) in [5.74, 6) is 1.07. The number of anilines is 1. The summed E-state index contributed by atoms with van der Waals surface area (Å²) < 4.78 is 40.8. The highest BCUT2D eigenvalue weighted by Gasteiger charge is 2.50. The molecule has 2 aliphatic rings. The molecule has 33 heavy (non-hydrogen) atoms. The molecule has 0 N–H and O–H groups in total. The number of amides is 1. The monoisotopic (exact) mass is 510 g/mol. The lowest BCUT2D eigenvalue weighted by Crippen LogP contribution is -2.38. The fourth-order valence-electron chi connectivity index (χ4n) is 4.04. The number of fused-ring (bicyclic) bond motifs is 1. The Morgan fingerprint density at radius 1 is 1.09 bits per heavy atom. The number of hydrogen-bond acceptors (Lipinski definition) is 7. The number of ether oxygens (including phenoxy) is 3. The van der Waals surface area contributed by atoms with E-state index in [1.165, 1.54) is 26.0 Å². The van der Waals surface area contributed by atoms with E-state index >= 15 is 0 Å². The first-order chi connectivity index (χ1) is 15.8. The van der Waals surface area contributed by atoms with E-state index in [9.17, 15) is 13.2 Å². The third-order valence-electron chi connectivity index (χ3n) is 5.53. The van der Waals surface area contributed by atoms with Gasteiger partial charge in [0.05, 0.1) is 56.0 Å². The van der Waals surface area contributed by atoms with Gasteiger partial charge in [0.15, 0.2) is 15.0 Å². The second-order valence-electron chi connectivity index (χ2n) is 7.61. The third kappa shape index (κ3) is 4.78. The van der Waals surface area contributed by atoms with Gasteiger partial charge >= 0.3 is 0 Å². The van der Waals surface area contributed by atoms with Gasteiger partial charge in [0.1, 0.15) is 17.2 Å². The van der Waals surface area contributed by atoms with E-state index in [0.717, 1.165) is 5.56 Å². The van der Waals surface area contributed by atoms with E-state index in [2.05, 4.69) is 4.99 Å². The first-order valence-corrected chi connectivity index (χ1v) is 13.2. The van der Waals surface area contributed by atoms with E-state index in [1.807, 2.05) is 18.2 Å². The predicted molar refractivity (Wildman–Crippen MR) is 130 cm³/mol. The van der Waals surface area contributed by atoms with Gasteiger partial charge in [-0.05, 0) is 12.1 Å². The summed E-state index contributed by atoms with van der Waals surface area (Å²) in [6.07, 6.45) is 0.0516. The lowest BCUT2D eigenvalue weighted by atomic mass is 10.1. The molecule has 2 saturated heterocycles. The number of benzene rings is 2. The number of halogens is 1. The number of rotatable bonds is 6. The molecule has 2 fully saturated rings. The van der Waals surface area contributed by atoms with Gasteiger partial charge in [-0.3, -0.25) is 4.79 Å². The Bertz CT molecular complexity index is 1220. The van der Waals surface area contributed by atoms with Crippen LogP contribution >= 0.6 is 23.4 Å². The summed E-state index contributed by atoms with van der Waals surface area (Å²) >= 11 is 7.66. The van der Waals surface area contributed by atoms with Gasteiger partial charge in [0.25, 0.3) is 5.91 Å². The molecule has 1 amide bonds. The van der Waals surface area contributed by atoms with Gasteiger partial charge in [0, 0.05) is 16.9 Å². The summed E-state index contributed by atoms with van der Waals surface area (Å²) in [4.78, 5) is 19.0. The number of sulfone groups is 1. The minimum Gasteiger partial charge on any atom is -0.496 e. The Balaban J connectivity index is 1.73. The maximum Gasteiger partial charge on any atom is 0.252 e. The molecule has 2 aromatic carbocycles. The van der Waals surface area contributed by atoms with Gasteiger partial charge in [-0.2, -0.15) is 4.99 Å². The van der Waals surface area contributed by atoms with Crippen molar-refractivity contribution < 1.29 is 27.4 Å². The number of carbonyl (C=O) groups is 1. The highest BCUT2D eigenvalue weighted by atomic mass is 35.5. The average molecular weight is 511 g/mol. The molecule has 176 valence electrons. The second-order valence-corrected chi connectivity index (χ2v) is 11.4. The SMILES string of the molecule is COc1cc(OC)c(N2C(=NC(=O)Cc3ccccc3OC)S[C@@H]3CS(=O)(=O)C[C@@H]32)cc1Cl. The number of aliphatic imine (C=N–C) groups is 1. The van der Waals surface area contributed by atoms with Crippen LogP contribution in [0.2, 0.25) is 5.02 Å². The van der Waals surface area contributed by atoms with Gasteiger partial charge in [-0.25, -0.2) is 8.42 Å². The molecule has 0 saturated carbocycles. The molecule has 11 heteroatoms. The molecule has 2 aromatic rings. The van der Waals surface area contributed by atoms with Crippen LogP contribution in [-0.2, 0) is 21.1 Å². The van der Waals surface area contributed by atoms with Crippen LogP contribution in [0.3, 0.4) is 0 Å². The fourth-order valence-corrected chi connectivity index (χ4v) is 8.20. The van der Waals surface area contributed by atoms with Crippen molar-refractivity contribution in [2.75, 3.05) is 37.7 Å². The number of carbonyl (C=O) groups excluding carboxylic acids is 1. The van der Waals surface area contributed by atoms with Crippen molar-refractivity contribution in [3.8, 4) is 17.2 Å². The van der Waals surface area contributed by atoms with Crippen molar-refractivity contribution in [3.63, 3.8) is 0 Å². The molecule has 0 spiro atoms. The van der Waals surface area contributed by atoms with Gasteiger partial charge < -0.3 is 19.1 Å². The minimum atomic E-state index is -3.22. The van der Waals surface area contributed by atoms with Crippen molar-refractivity contribution in [1.29, 1.82) is 0 Å². The van der Waals surface area contributed by atoms with Gasteiger partial charge in [-0.15, -0.1) is 0 Å². The highest BCUT2D eigenvalue weighted by molar-refractivity contribution is 8.16. The van der Waals surface area contributed by atoms with E-state index in [-0.39, 0.29) is 29.1 Å². The van der Waals surface area contributed by atoms with Crippen molar-refractivity contribution >= 4 is 50.0 Å². The quantitative estimate of drug-likeness (QED) is 0.584. The largest absolute Gasteiger partial charge is 0.496 e. The molecule has 2 heterocycles. The van der Waals surface area contributed by atoms with E-state index in [4.69, 9.17) is 25.8 Å². The zero-order valence-electron chi connectivity index (χ0n) is 18.3. The van der Waals surface area contributed by atoms with E-state index < -0.39 is 15.9 Å². The fraction of sp³-hybridized carbons (Fsp3) is 0.364. The number of hydrogen-bond donors (Lipinski definition) is 0. The first-order valence-electron chi connectivity index (χ1n) is 10.1. The minimum absolute atomic E-state index is 0.0186. The average Bonchev–Trinajstić information content (AvgIpc) is 3.24. The molecule has 0 unspecified atom stereocenters. The number of para-hydroxylation sites is 1. The van der Waals surface area contributed by atoms with Crippen molar-refractivity contribution in [2.24, 2.45) is 4.99 Å². The first kappa shape index (κ1) is 23.7.